The zero-order valence-electron chi connectivity index (χ0n) is 34.6. The Labute approximate surface area is 320 Å². The molecule has 0 aliphatic rings. The van der Waals surface area contributed by atoms with Crippen molar-refractivity contribution in [2.45, 2.75) is 200 Å². The molecule has 0 aromatic rings. The highest BCUT2D eigenvalue weighted by atomic mass is 31.2. The fourth-order valence-corrected chi connectivity index (χ4v) is 6.63. The van der Waals surface area contributed by atoms with Crippen LogP contribution in [-0.4, -0.2) is 74.9 Å². The van der Waals surface area contributed by atoms with Crippen LogP contribution >= 0.6 is 7.82 Å². The van der Waals surface area contributed by atoms with E-state index >= 15 is 0 Å². The van der Waals surface area contributed by atoms with Gasteiger partial charge in [-0.2, -0.15) is 0 Å². The molecule has 308 valence electrons. The first kappa shape index (κ1) is 50.8. The van der Waals surface area contributed by atoms with E-state index < -0.39 is 26.5 Å². The first-order valence-corrected chi connectivity index (χ1v) is 22.9. The molecule has 0 rings (SSSR count). The zero-order chi connectivity index (χ0) is 38.6. The molecule has 0 aromatic carbocycles. The van der Waals surface area contributed by atoms with E-state index in [1.54, 1.807) is 0 Å². The van der Waals surface area contributed by atoms with Crippen LogP contribution in [0.25, 0.3) is 0 Å². The van der Waals surface area contributed by atoms with Crippen molar-refractivity contribution < 1.29 is 42.1 Å². The number of quaternary nitrogens is 1. The maximum absolute atomic E-state index is 12.6. The Morgan fingerprint density at radius 3 is 1.44 bits per heavy atom. The smallest absolute Gasteiger partial charge is 0.462 e. The molecule has 0 heterocycles. The summed E-state index contributed by atoms with van der Waals surface area (Å²) in [5, 5.41) is 0. The van der Waals surface area contributed by atoms with Gasteiger partial charge in [0.1, 0.15) is 19.8 Å². The minimum atomic E-state index is -4.37. The summed E-state index contributed by atoms with van der Waals surface area (Å²) in [5.41, 5.74) is 0. The molecule has 2 atom stereocenters. The lowest BCUT2D eigenvalue weighted by Crippen LogP contribution is -2.37. The number of likely N-dealkylation sites (N-methyl/N-ethyl adjacent to an activating group) is 1. The van der Waals surface area contributed by atoms with Gasteiger partial charge >= 0.3 is 19.8 Å². The number of ether oxygens (including phenoxy) is 2. The van der Waals surface area contributed by atoms with Crippen molar-refractivity contribution in [2.75, 3.05) is 47.5 Å². The minimum absolute atomic E-state index is 0.0341. The van der Waals surface area contributed by atoms with Gasteiger partial charge in [0.05, 0.1) is 27.7 Å². The quantitative estimate of drug-likeness (QED) is 0.0217. The number of allylic oxidation sites excluding steroid dienone is 2. The molecule has 0 spiro atoms. The average Bonchev–Trinajstić information content (AvgIpc) is 3.09. The molecule has 0 radical (unpaired) electrons. The van der Waals surface area contributed by atoms with Crippen LogP contribution in [0.4, 0.5) is 0 Å². The number of esters is 2. The molecule has 0 bridgehead atoms. The number of phosphoric acid groups is 1. The molecule has 0 saturated heterocycles. The van der Waals surface area contributed by atoms with Gasteiger partial charge in [0.15, 0.2) is 6.10 Å². The molecule has 1 unspecified atom stereocenters. The van der Waals surface area contributed by atoms with Crippen molar-refractivity contribution >= 4 is 19.8 Å². The third-order valence-electron chi connectivity index (χ3n) is 9.30. The molecule has 9 nitrogen and oxygen atoms in total. The van der Waals surface area contributed by atoms with Crippen molar-refractivity contribution in [3.05, 3.63) is 12.2 Å². The van der Waals surface area contributed by atoms with Crippen LogP contribution in [0.1, 0.15) is 194 Å². The summed E-state index contributed by atoms with van der Waals surface area (Å²) in [4.78, 5) is 35.3. The Kier molecular flexibility index (Phi) is 34.6. The lowest BCUT2D eigenvalue weighted by Gasteiger charge is -2.24. The van der Waals surface area contributed by atoms with Crippen LogP contribution in [0.3, 0.4) is 0 Å². The average molecular weight is 761 g/mol. The number of nitrogens with zero attached hydrogens (tertiary/aromatic N) is 1. The molecule has 0 amide bonds. The van der Waals surface area contributed by atoms with E-state index in [-0.39, 0.29) is 32.0 Å². The maximum atomic E-state index is 12.6. The summed E-state index contributed by atoms with van der Waals surface area (Å²) in [6, 6.07) is 0. The Morgan fingerprint density at radius 2 is 0.981 bits per heavy atom. The van der Waals surface area contributed by atoms with E-state index in [9.17, 15) is 19.0 Å². The summed E-state index contributed by atoms with van der Waals surface area (Å²) in [6.45, 7) is 4.42. The first-order chi connectivity index (χ1) is 25.0. The Morgan fingerprint density at radius 1 is 0.577 bits per heavy atom. The van der Waals surface area contributed by atoms with Crippen LogP contribution < -0.4 is 0 Å². The molecule has 52 heavy (non-hydrogen) atoms. The molecular weight excluding hydrogens is 677 g/mol. The molecule has 0 saturated carbocycles. The predicted molar refractivity (Wildman–Crippen MR) is 215 cm³/mol. The summed E-state index contributed by atoms with van der Waals surface area (Å²) in [6.07, 6.45) is 35.3. The van der Waals surface area contributed by atoms with E-state index in [0.717, 1.165) is 32.1 Å². The van der Waals surface area contributed by atoms with E-state index in [2.05, 4.69) is 26.0 Å². The van der Waals surface area contributed by atoms with Gasteiger partial charge in [-0.3, -0.25) is 18.6 Å². The second kappa shape index (κ2) is 35.5. The maximum Gasteiger partial charge on any atom is 0.472 e. The lowest BCUT2D eigenvalue weighted by molar-refractivity contribution is -0.870. The second-order valence-electron chi connectivity index (χ2n) is 15.7. The Balaban J connectivity index is 4.36. The number of carbonyl (C=O) groups is 2. The number of carbonyl (C=O) groups excluding carboxylic acids is 2. The summed E-state index contributed by atoms with van der Waals surface area (Å²) in [7, 11) is 1.48. The predicted octanol–water partition coefficient (Wildman–Crippen LogP) is 11.8. The topological polar surface area (TPSA) is 108 Å². The van der Waals surface area contributed by atoms with Gasteiger partial charge in [0, 0.05) is 12.8 Å². The van der Waals surface area contributed by atoms with E-state index in [1.807, 2.05) is 21.1 Å². The fourth-order valence-electron chi connectivity index (χ4n) is 5.89. The normalized spacial score (nSPS) is 13.7. The van der Waals surface area contributed by atoms with Crippen molar-refractivity contribution in [3.8, 4) is 0 Å². The largest absolute Gasteiger partial charge is 0.472 e. The third-order valence-corrected chi connectivity index (χ3v) is 10.3. The minimum Gasteiger partial charge on any atom is -0.462 e. The Bertz CT molecular complexity index is 907. The van der Waals surface area contributed by atoms with E-state index in [1.165, 1.54) is 128 Å². The van der Waals surface area contributed by atoms with Crippen LogP contribution in [0.15, 0.2) is 12.2 Å². The standard InChI is InChI=1S/C42H82NO8P/c1-6-8-10-12-14-16-18-20-21-23-24-26-28-30-32-34-41(44)48-38-40(39-50-52(46,47)49-37-36-43(3,4)5)51-42(45)35-33-31-29-27-25-22-19-17-15-13-11-9-7-2/h16,18,40H,6-15,17,19-39H2,1-5H3/p+1/b18-16-/t40-/m1/s1. The molecule has 0 aliphatic heterocycles. The highest BCUT2D eigenvalue weighted by Crippen LogP contribution is 2.43. The second-order valence-corrected chi connectivity index (χ2v) is 17.2. The molecule has 0 aliphatic carbocycles. The van der Waals surface area contributed by atoms with Crippen molar-refractivity contribution in [2.24, 2.45) is 0 Å². The lowest BCUT2D eigenvalue weighted by atomic mass is 10.0. The molecule has 10 heteroatoms. The number of unbranched alkanes of at least 4 members (excludes halogenated alkanes) is 23. The highest BCUT2D eigenvalue weighted by molar-refractivity contribution is 7.47. The van der Waals surface area contributed by atoms with Gasteiger partial charge in [0.2, 0.25) is 0 Å². The number of hydrogen-bond donors (Lipinski definition) is 1. The van der Waals surface area contributed by atoms with Gasteiger partial charge in [-0.05, 0) is 38.5 Å². The van der Waals surface area contributed by atoms with Crippen LogP contribution in [0.5, 0.6) is 0 Å². The molecule has 0 aromatic heterocycles. The number of phosphoric ester groups is 1. The third kappa shape index (κ3) is 38.5. The van der Waals surface area contributed by atoms with Crippen LogP contribution in [0.2, 0.25) is 0 Å². The van der Waals surface area contributed by atoms with Crippen LogP contribution in [-0.2, 0) is 32.7 Å². The summed E-state index contributed by atoms with van der Waals surface area (Å²) < 4.78 is 34.3. The Hall–Kier alpha value is -1.25. The van der Waals surface area contributed by atoms with Gasteiger partial charge in [0.25, 0.3) is 0 Å². The highest BCUT2D eigenvalue weighted by Gasteiger charge is 2.27. The molecule has 1 N–H and O–H groups in total. The van der Waals surface area contributed by atoms with Crippen LogP contribution in [0, 0.1) is 0 Å². The van der Waals surface area contributed by atoms with E-state index in [4.69, 9.17) is 18.5 Å². The number of rotatable bonds is 39. The fraction of sp³-hybridized carbons (Fsp3) is 0.905. The summed E-state index contributed by atoms with van der Waals surface area (Å²) in [5.74, 6) is -0.796. The van der Waals surface area contributed by atoms with Crippen molar-refractivity contribution in [1.29, 1.82) is 0 Å². The number of hydrogen-bond acceptors (Lipinski definition) is 7. The molecular formula is C42H83NO8P+. The van der Waals surface area contributed by atoms with Crippen molar-refractivity contribution in [3.63, 3.8) is 0 Å². The van der Waals surface area contributed by atoms with Gasteiger partial charge in [-0.1, -0.05) is 154 Å². The van der Waals surface area contributed by atoms with Crippen molar-refractivity contribution in [1.82, 2.24) is 0 Å². The van der Waals surface area contributed by atoms with Gasteiger partial charge in [-0.25, -0.2) is 4.57 Å². The van der Waals surface area contributed by atoms with E-state index in [0.29, 0.717) is 17.4 Å². The SMILES string of the molecule is CCCCCC/C=C\CCCCCCCCCC(=O)OC[C@H](COP(=O)(O)OCC[N+](C)(C)C)OC(=O)CCCCCCCCCCCCCCC. The monoisotopic (exact) mass is 761 g/mol. The summed E-state index contributed by atoms with van der Waals surface area (Å²) >= 11 is 0. The van der Waals surface area contributed by atoms with Gasteiger partial charge < -0.3 is 18.9 Å². The van der Waals surface area contributed by atoms with Gasteiger partial charge in [-0.15, -0.1) is 0 Å². The molecule has 0 fully saturated rings. The first-order valence-electron chi connectivity index (χ1n) is 21.4. The zero-order valence-corrected chi connectivity index (χ0v) is 35.5.